The van der Waals surface area contributed by atoms with Crippen molar-refractivity contribution in [1.29, 1.82) is 0 Å². The van der Waals surface area contributed by atoms with Crippen LogP contribution in [0.25, 0.3) is 0 Å². The van der Waals surface area contributed by atoms with Crippen molar-refractivity contribution in [2.24, 2.45) is 0 Å². The molecule has 0 amide bonds. The van der Waals surface area contributed by atoms with E-state index < -0.39 is 4.92 Å². The van der Waals surface area contributed by atoms with E-state index in [2.05, 4.69) is 36.8 Å². The molecule has 0 saturated carbocycles. The largest absolute Gasteiger partial charge is 0.452 e. The Morgan fingerprint density at radius 3 is 2.55 bits per heavy atom. The fourth-order valence-corrected chi connectivity index (χ4v) is 2.55. The molecular weight excluding hydrogens is 396 g/mol. The maximum absolute atomic E-state index is 10.9. The maximum Gasteiger partial charge on any atom is 0.363 e. The summed E-state index contributed by atoms with van der Waals surface area (Å²) in [4.78, 5) is 24.4. The smallest absolute Gasteiger partial charge is 0.363 e. The predicted octanol–water partition coefficient (Wildman–Crippen LogP) is 4.12. The van der Waals surface area contributed by atoms with Crippen LogP contribution >= 0.6 is 31.9 Å². The van der Waals surface area contributed by atoms with Gasteiger partial charge in [0.05, 0.1) is 4.47 Å². The minimum atomic E-state index is -0.593. The van der Waals surface area contributed by atoms with Crippen molar-refractivity contribution in [2.45, 2.75) is 0 Å². The molecule has 1 heterocycles. The highest BCUT2D eigenvalue weighted by Crippen LogP contribution is 2.34. The van der Waals surface area contributed by atoms with E-state index in [9.17, 15) is 14.9 Å². The molecule has 0 saturated heterocycles. The molecule has 0 aliphatic rings. The van der Waals surface area contributed by atoms with Crippen LogP contribution in [0.4, 0.5) is 5.82 Å². The summed E-state index contributed by atoms with van der Waals surface area (Å²) in [5, 5.41) is 10.5. The lowest BCUT2D eigenvalue weighted by atomic mass is 10.2. The number of carbonyl (C=O) groups is 1. The van der Waals surface area contributed by atoms with Gasteiger partial charge in [0.1, 0.15) is 5.75 Å². The predicted molar refractivity (Wildman–Crippen MR) is 78.2 cm³/mol. The van der Waals surface area contributed by atoms with Crippen LogP contribution in [0.15, 0.2) is 39.4 Å². The van der Waals surface area contributed by atoms with Gasteiger partial charge in [0, 0.05) is 16.1 Å². The number of ether oxygens (including phenoxy) is 1. The number of aromatic nitrogens is 1. The van der Waals surface area contributed by atoms with Crippen LogP contribution in [-0.4, -0.2) is 16.2 Å². The van der Waals surface area contributed by atoms with Crippen molar-refractivity contribution in [3.63, 3.8) is 0 Å². The van der Waals surface area contributed by atoms with Crippen molar-refractivity contribution in [1.82, 2.24) is 4.98 Å². The second-order valence-electron chi connectivity index (χ2n) is 3.63. The molecule has 0 atom stereocenters. The van der Waals surface area contributed by atoms with Crippen LogP contribution < -0.4 is 4.74 Å². The summed E-state index contributed by atoms with van der Waals surface area (Å²) >= 11 is 6.55. The molecule has 8 heteroatoms. The topological polar surface area (TPSA) is 82.3 Å². The van der Waals surface area contributed by atoms with Crippen molar-refractivity contribution in [3.8, 4) is 11.5 Å². The molecule has 2 aromatic rings. The lowest BCUT2D eigenvalue weighted by molar-refractivity contribution is -0.389. The van der Waals surface area contributed by atoms with Gasteiger partial charge in [0.15, 0.2) is 18.2 Å². The summed E-state index contributed by atoms with van der Waals surface area (Å²) < 4.78 is 6.80. The number of halogens is 2. The van der Waals surface area contributed by atoms with Crippen LogP contribution in [0.1, 0.15) is 10.4 Å². The Labute approximate surface area is 130 Å². The number of rotatable bonds is 4. The van der Waals surface area contributed by atoms with Gasteiger partial charge in [0.25, 0.3) is 0 Å². The second-order valence-corrected chi connectivity index (χ2v) is 5.34. The molecule has 0 N–H and O–H groups in total. The van der Waals surface area contributed by atoms with Gasteiger partial charge in [-0.2, -0.15) is 0 Å². The summed E-state index contributed by atoms with van der Waals surface area (Å²) in [6, 6.07) is 5.89. The monoisotopic (exact) mass is 400 g/mol. The van der Waals surface area contributed by atoms with Gasteiger partial charge in [-0.3, -0.25) is 4.79 Å². The Morgan fingerprint density at radius 2 is 2.00 bits per heavy atom. The molecule has 0 aliphatic carbocycles. The first-order valence-corrected chi connectivity index (χ1v) is 6.82. The van der Waals surface area contributed by atoms with Gasteiger partial charge in [-0.25, -0.2) is 0 Å². The summed E-state index contributed by atoms with van der Waals surface area (Å²) in [5.74, 6) is 0.474. The minimum absolute atomic E-state index is 0.263. The van der Waals surface area contributed by atoms with E-state index in [4.69, 9.17) is 4.74 Å². The first kappa shape index (κ1) is 14.6. The highest BCUT2D eigenvalue weighted by molar-refractivity contribution is 9.11. The van der Waals surface area contributed by atoms with Crippen LogP contribution in [-0.2, 0) is 0 Å². The Kier molecular flexibility index (Phi) is 4.46. The molecule has 6 nitrogen and oxygen atoms in total. The van der Waals surface area contributed by atoms with Crippen molar-refractivity contribution in [2.75, 3.05) is 0 Å². The molecule has 1 aromatic heterocycles. The SMILES string of the molecule is O=Cc1cc(Oc2ccc([N+](=O)[O-])nc2)c(Br)cc1Br. The quantitative estimate of drug-likeness (QED) is 0.437. The van der Waals surface area contributed by atoms with Crippen molar-refractivity contribution >= 4 is 44.0 Å². The zero-order valence-electron chi connectivity index (χ0n) is 9.75. The standard InChI is InChI=1S/C12H6Br2N2O4/c13-9-4-10(14)11(3-7(9)6-17)20-8-1-2-12(15-5-8)16(18)19/h1-6H. The van der Waals surface area contributed by atoms with Crippen LogP contribution in [0.3, 0.4) is 0 Å². The van der Waals surface area contributed by atoms with E-state index in [1.807, 2.05) is 0 Å². The molecule has 2 rings (SSSR count). The fourth-order valence-electron chi connectivity index (χ4n) is 1.38. The highest BCUT2D eigenvalue weighted by atomic mass is 79.9. The molecule has 102 valence electrons. The fraction of sp³-hybridized carbons (Fsp3) is 0. The zero-order chi connectivity index (χ0) is 14.7. The number of hydrogen-bond acceptors (Lipinski definition) is 5. The number of benzene rings is 1. The zero-order valence-corrected chi connectivity index (χ0v) is 12.9. The van der Waals surface area contributed by atoms with Crippen LogP contribution in [0, 0.1) is 10.1 Å². The third-order valence-electron chi connectivity index (χ3n) is 2.31. The summed E-state index contributed by atoms with van der Waals surface area (Å²) in [6.07, 6.45) is 1.94. The number of pyridine rings is 1. The minimum Gasteiger partial charge on any atom is -0.452 e. The Balaban J connectivity index is 2.29. The number of hydrogen-bond donors (Lipinski definition) is 0. The third-order valence-corrected chi connectivity index (χ3v) is 3.62. The summed E-state index contributed by atoms with van der Waals surface area (Å²) in [5.41, 5.74) is 0.429. The summed E-state index contributed by atoms with van der Waals surface area (Å²) in [6.45, 7) is 0. The second kappa shape index (κ2) is 6.10. The van der Waals surface area contributed by atoms with E-state index in [-0.39, 0.29) is 5.82 Å². The van der Waals surface area contributed by atoms with Crippen LogP contribution in [0.5, 0.6) is 11.5 Å². The first-order valence-electron chi connectivity index (χ1n) is 5.24. The average molecular weight is 402 g/mol. The number of carbonyl (C=O) groups excluding carboxylic acids is 1. The van der Waals surface area contributed by atoms with Gasteiger partial charge in [-0.15, -0.1) is 0 Å². The molecule has 0 bridgehead atoms. The Bertz CT molecular complexity index is 674. The van der Waals surface area contributed by atoms with Gasteiger partial charge in [0.2, 0.25) is 0 Å². The van der Waals surface area contributed by atoms with Crippen molar-refractivity contribution in [3.05, 3.63) is 55.1 Å². The molecule has 1 aromatic carbocycles. The lowest BCUT2D eigenvalue weighted by Crippen LogP contribution is -1.93. The van der Waals surface area contributed by atoms with E-state index >= 15 is 0 Å². The molecule has 0 radical (unpaired) electrons. The molecule has 0 spiro atoms. The van der Waals surface area contributed by atoms with E-state index in [1.165, 1.54) is 18.3 Å². The van der Waals surface area contributed by atoms with Gasteiger partial charge in [-0.05, 0) is 44.0 Å². The normalized spacial score (nSPS) is 10.1. The Morgan fingerprint density at radius 1 is 1.25 bits per heavy atom. The molecule has 20 heavy (non-hydrogen) atoms. The van der Waals surface area contributed by atoms with Gasteiger partial charge >= 0.3 is 5.82 Å². The van der Waals surface area contributed by atoms with Gasteiger partial charge in [-0.1, -0.05) is 15.9 Å². The number of nitro groups is 1. The number of nitrogens with zero attached hydrogens (tertiary/aromatic N) is 2. The van der Waals surface area contributed by atoms with Gasteiger partial charge < -0.3 is 14.9 Å². The molecular formula is C12H6Br2N2O4. The molecule has 0 unspecified atom stereocenters. The van der Waals surface area contributed by atoms with E-state index in [0.717, 1.165) is 0 Å². The Hall–Kier alpha value is -1.80. The number of aldehydes is 1. The maximum atomic E-state index is 10.9. The van der Waals surface area contributed by atoms with E-state index in [1.54, 1.807) is 12.1 Å². The summed E-state index contributed by atoms with van der Waals surface area (Å²) in [7, 11) is 0. The molecule has 0 fully saturated rings. The average Bonchev–Trinajstić information content (AvgIpc) is 2.42. The third kappa shape index (κ3) is 3.20. The van der Waals surface area contributed by atoms with E-state index in [0.29, 0.717) is 32.3 Å². The van der Waals surface area contributed by atoms with Crippen molar-refractivity contribution < 1.29 is 14.5 Å². The first-order chi connectivity index (χ1) is 9.51. The van der Waals surface area contributed by atoms with Crippen LogP contribution in [0.2, 0.25) is 0 Å². The molecule has 0 aliphatic heterocycles. The lowest BCUT2D eigenvalue weighted by Gasteiger charge is -2.08. The highest BCUT2D eigenvalue weighted by Gasteiger charge is 2.11.